The number of benzene rings is 2. The molecule has 0 unspecified atom stereocenters. The molecule has 0 bridgehead atoms. The van der Waals surface area contributed by atoms with Gasteiger partial charge in [0.15, 0.2) is 5.65 Å². The number of hydrogen-bond donors (Lipinski definition) is 0. The van der Waals surface area contributed by atoms with Crippen molar-refractivity contribution >= 4 is 17.2 Å². The highest BCUT2D eigenvalue weighted by atomic mass is 35.5. The van der Waals surface area contributed by atoms with Crippen molar-refractivity contribution in [3.63, 3.8) is 0 Å². The Hall–Kier alpha value is -3.05. The molecule has 4 aromatic rings. The van der Waals surface area contributed by atoms with Gasteiger partial charge >= 0.3 is 0 Å². The van der Waals surface area contributed by atoms with Crippen molar-refractivity contribution in [3.05, 3.63) is 77.4 Å². The number of imidazole rings is 1. The summed E-state index contributed by atoms with van der Waals surface area (Å²) in [5.74, 6) is 1.34. The summed E-state index contributed by atoms with van der Waals surface area (Å²) in [6.45, 7) is 0.516. The first-order valence-electron chi connectivity index (χ1n) is 8.59. The van der Waals surface area contributed by atoms with Crippen molar-refractivity contribution in [2.24, 2.45) is 0 Å². The molecule has 4 rings (SSSR count). The highest BCUT2D eigenvalue weighted by molar-refractivity contribution is 6.30. The number of methoxy groups -OCH3 is 1. The van der Waals surface area contributed by atoms with E-state index in [4.69, 9.17) is 21.1 Å². The summed E-state index contributed by atoms with van der Waals surface area (Å²) in [4.78, 5) is 4.42. The molecule has 0 aliphatic carbocycles. The van der Waals surface area contributed by atoms with Gasteiger partial charge in [-0.25, -0.2) is 9.50 Å². The van der Waals surface area contributed by atoms with Crippen LogP contribution in [0.3, 0.4) is 0 Å². The molecule has 0 saturated carbocycles. The van der Waals surface area contributed by atoms with Gasteiger partial charge in [0.05, 0.1) is 25.6 Å². The van der Waals surface area contributed by atoms with Crippen molar-refractivity contribution in [2.45, 2.75) is 6.42 Å². The van der Waals surface area contributed by atoms with Gasteiger partial charge in [-0.2, -0.15) is 0 Å². The molecule has 0 atom stereocenters. The predicted octanol–water partition coefficient (Wildman–Crippen LogP) is 4.68. The minimum atomic E-state index is 0.516. The SMILES string of the molecule is COc1cccc(-c2cnc3ccc(OCCc4cccc(Cl)c4)nn23)c1. The van der Waals surface area contributed by atoms with Crippen LogP contribution in [0.1, 0.15) is 5.56 Å². The normalized spacial score (nSPS) is 10.9. The van der Waals surface area contributed by atoms with Crippen LogP contribution in [0.5, 0.6) is 11.6 Å². The largest absolute Gasteiger partial charge is 0.497 e. The van der Waals surface area contributed by atoms with E-state index in [1.54, 1.807) is 17.8 Å². The number of nitrogens with zero attached hydrogens (tertiary/aromatic N) is 3. The summed E-state index contributed by atoms with van der Waals surface area (Å²) in [6.07, 6.45) is 2.56. The number of halogens is 1. The molecule has 0 spiro atoms. The van der Waals surface area contributed by atoms with Gasteiger partial charge in [-0.15, -0.1) is 5.10 Å². The van der Waals surface area contributed by atoms with E-state index >= 15 is 0 Å². The van der Waals surface area contributed by atoms with Gasteiger partial charge in [0.2, 0.25) is 5.88 Å². The molecule has 0 amide bonds. The fraction of sp³-hybridized carbons (Fsp3) is 0.143. The zero-order chi connectivity index (χ0) is 18.6. The van der Waals surface area contributed by atoms with E-state index in [2.05, 4.69) is 10.1 Å². The maximum Gasteiger partial charge on any atom is 0.231 e. The summed E-state index contributed by atoms with van der Waals surface area (Å²) in [6, 6.07) is 19.3. The highest BCUT2D eigenvalue weighted by Gasteiger charge is 2.09. The van der Waals surface area contributed by atoms with Gasteiger partial charge in [0.25, 0.3) is 0 Å². The fourth-order valence-corrected chi connectivity index (χ4v) is 3.09. The second-order valence-corrected chi connectivity index (χ2v) is 6.48. The average molecular weight is 380 g/mol. The number of hydrogen-bond acceptors (Lipinski definition) is 4. The topological polar surface area (TPSA) is 48.7 Å². The Morgan fingerprint density at radius 3 is 2.78 bits per heavy atom. The Morgan fingerprint density at radius 1 is 1.04 bits per heavy atom. The monoisotopic (exact) mass is 379 g/mol. The zero-order valence-corrected chi connectivity index (χ0v) is 15.6. The van der Waals surface area contributed by atoms with E-state index in [1.807, 2.05) is 60.7 Å². The molecule has 27 heavy (non-hydrogen) atoms. The van der Waals surface area contributed by atoms with Gasteiger partial charge in [-0.1, -0.05) is 35.9 Å². The Kier molecular flexibility index (Phi) is 4.94. The van der Waals surface area contributed by atoms with Crippen LogP contribution >= 0.6 is 11.6 Å². The van der Waals surface area contributed by atoms with Crippen molar-refractivity contribution in [3.8, 4) is 22.9 Å². The van der Waals surface area contributed by atoms with Crippen molar-refractivity contribution < 1.29 is 9.47 Å². The van der Waals surface area contributed by atoms with Crippen molar-refractivity contribution in [1.29, 1.82) is 0 Å². The third kappa shape index (κ3) is 3.88. The summed E-state index contributed by atoms with van der Waals surface area (Å²) < 4.78 is 12.9. The molecule has 2 heterocycles. The molecular weight excluding hydrogens is 362 g/mol. The lowest BCUT2D eigenvalue weighted by Gasteiger charge is -2.08. The van der Waals surface area contributed by atoms with E-state index < -0.39 is 0 Å². The molecule has 0 aliphatic heterocycles. The molecule has 0 saturated heterocycles. The third-order valence-electron chi connectivity index (χ3n) is 4.23. The van der Waals surface area contributed by atoms with Crippen LogP contribution in [0.2, 0.25) is 5.02 Å². The Bertz CT molecular complexity index is 1080. The zero-order valence-electron chi connectivity index (χ0n) is 14.8. The fourth-order valence-electron chi connectivity index (χ4n) is 2.88. The van der Waals surface area contributed by atoms with E-state index in [-0.39, 0.29) is 0 Å². The van der Waals surface area contributed by atoms with E-state index in [0.717, 1.165) is 39.7 Å². The Morgan fingerprint density at radius 2 is 1.93 bits per heavy atom. The molecule has 0 N–H and O–H groups in total. The van der Waals surface area contributed by atoms with Gasteiger partial charge < -0.3 is 9.47 Å². The van der Waals surface area contributed by atoms with Gasteiger partial charge in [-0.3, -0.25) is 0 Å². The first-order chi connectivity index (χ1) is 13.2. The maximum atomic E-state index is 6.02. The van der Waals surface area contributed by atoms with Gasteiger partial charge in [0, 0.05) is 23.1 Å². The predicted molar refractivity (Wildman–Crippen MR) is 106 cm³/mol. The third-order valence-corrected chi connectivity index (χ3v) is 4.47. The van der Waals surface area contributed by atoms with Crippen LogP contribution in [0.15, 0.2) is 66.9 Å². The summed E-state index contributed by atoms with van der Waals surface area (Å²) in [5, 5.41) is 5.31. The number of aromatic nitrogens is 3. The first-order valence-corrected chi connectivity index (χ1v) is 8.97. The van der Waals surface area contributed by atoms with Crippen LogP contribution < -0.4 is 9.47 Å². The maximum absolute atomic E-state index is 6.02. The molecule has 0 fully saturated rings. The lowest BCUT2D eigenvalue weighted by Crippen LogP contribution is -2.05. The average Bonchev–Trinajstić information content (AvgIpc) is 3.11. The molecule has 2 aromatic carbocycles. The minimum Gasteiger partial charge on any atom is -0.497 e. The number of ether oxygens (including phenoxy) is 2. The summed E-state index contributed by atoms with van der Waals surface area (Å²) in [7, 11) is 1.65. The van der Waals surface area contributed by atoms with Gasteiger partial charge in [0.1, 0.15) is 5.75 Å². The standard InChI is InChI=1S/C21H18ClN3O2/c1-26-18-7-3-5-16(13-18)19-14-23-20-8-9-21(24-25(19)20)27-11-10-15-4-2-6-17(22)12-15/h2-9,12-14H,10-11H2,1H3. The van der Waals surface area contributed by atoms with Crippen LogP contribution in [0.4, 0.5) is 0 Å². The summed E-state index contributed by atoms with van der Waals surface area (Å²) >= 11 is 6.02. The molecule has 0 aliphatic rings. The van der Waals surface area contributed by atoms with E-state index in [1.165, 1.54) is 0 Å². The molecule has 136 valence electrons. The van der Waals surface area contributed by atoms with E-state index in [0.29, 0.717) is 12.5 Å². The van der Waals surface area contributed by atoms with Crippen molar-refractivity contribution in [2.75, 3.05) is 13.7 Å². The molecule has 5 nitrogen and oxygen atoms in total. The Balaban J connectivity index is 1.54. The molecule has 2 aromatic heterocycles. The number of rotatable bonds is 6. The Labute approximate surface area is 162 Å². The van der Waals surface area contributed by atoms with Gasteiger partial charge in [-0.05, 0) is 35.9 Å². The minimum absolute atomic E-state index is 0.516. The molecule has 0 radical (unpaired) electrons. The number of fused-ring (bicyclic) bond motifs is 1. The first kappa shape index (κ1) is 17.4. The second-order valence-electron chi connectivity index (χ2n) is 6.05. The van der Waals surface area contributed by atoms with E-state index in [9.17, 15) is 0 Å². The summed E-state index contributed by atoms with van der Waals surface area (Å²) in [5.41, 5.74) is 3.74. The van der Waals surface area contributed by atoms with Crippen LogP contribution in [-0.2, 0) is 6.42 Å². The highest BCUT2D eigenvalue weighted by Crippen LogP contribution is 2.25. The molecular formula is C21H18ClN3O2. The lowest BCUT2D eigenvalue weighted by atomic mass is 10.1. The smallest absolute Gasteiger partial charge is 0.231 e. The second kappa shape index (κ2) is 7.68. The van der Waals surface area contributed by atoms with Crippen LogP contribution in [-0.4, -0.2) is 28.3 Å². The van der Waals surface area contributed by atoms with Crippen LogP contribution in [0, 0.1) is 0 Å². The van der Waals surface area contributed by atoms with Crippen LogP contribution in [0.25, 0.3) is 16.9 Å². The lowest BCUT2D eigenvalue weighted by molar-refractivity contribution is 0.305. The quantitative estimate of drug-likeness (QED) is 0.488. The molecule has 6 heteroatoms. The van der Waals surface area contributed by atoms with Crippen molar-refractivity contribution in [1.82, 2.24) is 14.6 Å².